The first-order valence-corrected chi connectivity index (χ1v) is 10.5. The van der Waals surface area contributed by atoms with E-state index < -0.39 is 5.60 Å². The highest BCUT2D eigenvalue weighted by molar-refractivity contribution is 14.0. The second-order valence-electron chi connectivity index (χ2n) is 8.89. The van der Waals surface area contributed by atoms with E-state index in [1.54, 1.807) is 4.90 Å². The summed E-state index contributed by atoms with van der Waals surface area (Å²) < 4.78 is 11.1. The van der Waals surface area contributed by atoms with Crippen LogP contribution < -0.4 is 5.73 Å². The first kappa shape index (κ1) is 24.7. The Hall–Kier alpha value is -1.55. The van der Waals surface area contributed by atoms with E-state index in [2.05, 4.69) is 29.2 Å². The molecule has 0 saturated carbocycles. The van der Waals surface area contributed by atoms with Gasteiger partial charge in [-0.25, -0.2) is 4.79 Å². The van der Waals surface area contributed by atoms with Crippen molar-refractivity contribution in [2.24, 2.45) is 10.7 Å². The lowest BCUT2D eigenvalue weighted by Crippen LogP contribution is -2.53. The van der Waals surface area contributed by atoms with Crippen LogP contribution in [0.5, 0.6) is 0 Å². The molecule has 1 amide bonds. The number of nitrogens with two attached hydrogens (primary N) is 1. The lowest BCUT2D eigenvalue weighted by Gasteiger charge is -2.38. The van der Waals surface area contributed by atoms with Gasteiger partial charge in [-0.1, -0.05) is 30.3 Å². The van der Waals surface area contributed by atoms with Crippen LogP contribution in [0.1, 0.15) is 39.2 Å². The van der Waals surface area contributed by atoms with E-state index in [-0.39, 0.29) is 35.5 Å². The quantitative estimate of drug-likeness (QED) is 0.369. The predicted octanol–water partition coefficient (Wildman–Crippen LogP) is 3.22. The second kappa shape index (κ2) is 10.7. The van der Waals surface area contributed by atoms with Crippen molar-refractivity contribution < 1.29 is 14.3 Å². The Balaban J connectivity index is 0.00000320. The van der Waals surface area contributed by atoms with Gasteiger partial charge in [0.15, 0.2) is 5.96 Å². The third kappa shape index (κ3) is 6.47. The highest BCUT2D eigenvalue weighted by Crippen LogP contribution is 2.35. The maximum atomic E-state index is 12.2. The zero-order valence-electron chi connectivity index (χ0n) is 18.3. The van der Waals surface area contributed by atoms with Crippen LogP contribution in [0.15, 0.2) is 35.3 Å². The average Bonchev–Trinajstić information content (AvgIpc) is 2.72. The maximum absolute atomic E-state index is 12.2. The number of carbonyl (C=O) groups excluding carboxylic acids is 1. The normalized spacial score (nSPS) is 19.8. The molecule has 0 atom stereocenters. The number of carbonyl (C=O) groups is 1. The van der Waals surface area contributed by atoms with Gasteiger partial charge in [-0.15, -0.1) is 24.0 Å². The van der Waals surface area contributed by atoms with Gasteiger partial charge < -0.3 is 25.0 Å². The number of benzene rings is 1. The van der Waals surface area contributed by atoms with Crippen LogP contribution in [0.2, 0.25) is 0 Å². The van der Waals surface area contributed by atoms with E-state index in [0.29, 0.717) is 38.7 Å². The fraction of sp³-hybridized carbons (Fsp3) is 0.636. The molecule has 8 heteroatoms. The van der Waals surface area contributed by atoms with Crippen LogP contribution in [-0.2, 0) is 14.9 Å². The third-order valence-corrected chi connectivity index (χ3v) is 5.64. The monoisotopic (exact) mass is 530 g/mol. The standard InChI is InChI=1S/C22H34N4O3.HI/c1-21(2,3)29-20(27)26-13-11-25(12-14-26)19(23)24-17-22(9-15-28-16-10-22)18-7-5-4-6-8-18;/h4-8H,9-17H2,1-3H3,(H2,23,24);1H. The van der Waals surface area contributed by atoms with Gasteiger partial charge in [-0.05, 0) is 39.2 Å². The van der Waals surface area contributed by atoms with Crippen molar-refractivity contribution in [1.82, 2.24) is 9.80 Å². The van der Waals surface area contributed by atoms with Crippen molar-refractivity contribution >= 4 is 36.0 Å². The molecule has 2 saturated heterocycles. The van der Waals surface area contributed by atoms with E-state index in [0.717, 1.165) is 26.1 Å². The van der Waals surface area contributed by atoms with Crippen molar-refractivity contribution in [1.29, 1.82) is 0 Å². The first-order chi connectivity index (χ1) is 13.8. The Morgan fingerprint density at radius 3 is 2.23 bits per heavy atom. The lowest BCUT2D eigenvalue weighted by atomic mass is 9.74. The molecule has 1 aromatic rings. The number of nitrogens with zero attached hydrogens (tertiary/aromatic N) is 3. The summed E-state index contributed by atoms with van der Waals surface area (Å²) >= 11 is 0. The zero-order chi connectivity index (χ0) is 20.9. The number of hydrogen-bond acceptors (Lipinski definition) is 4. The van der Waals surface area contributed by atoms with Gasteiger partial charge in [0.2, 0.25) is 0 Å². The third-order valence-electron chi connectivity index (χ3n) is 5.64. The predicted molar refractivity (Wildman–Crippen MR) is 129 cm³/mol. The summed E-state index contributed by atoms with van der Waals surface area (Å²) in [4.78, 5) is 20.8. The Morgan fingerprint density at radius 2 is 1.67 bits per heavy atom. The summed E-state index contributed by atoms with van der Waals surface area (Å²) in [7, 11) is 0. The molecule has 2 aliphatic rings. The molecular formula is C22H35IN4O3. The summed E-state index contributed by atoms with van der Waals surface area (Å²) in [6, 6.07) is 10.6. The summed E-state index contributed by atoms with van der Waals surface area (Å²) in [5.74, 6) is 0.552. The number of ether oxygens (including phenoxy) is 2. The SMILES string of the molecule is CC(C)(C)OC(=O)N1CCN(C(N)=NCC2(c3ccccc3)CCOCC2)CC1.I. The second-order valence-corrected chi connectivity index (χ2v) is 8.89. The fourth-order valence-electron chi connectivity index (χ4n) is 3.87. The van der Waals surface area contributed by atoms with E-state index in [1.165, 1.54) is 5.56 Å². The Bertz CT molecular complexity index is 707. The van der Waals surface area contributed by atoms with Crippen LogP contribution in [0, 0.1) is 0 Å². The number of aliphatic imine (C=N–C) groups is 1. The molecular weight excluding hydrogens is 495 g/mol. The van der Waals surface area contributed by atoms with Crippen LogP contribution >= 0.6 is 24.0 Å². The molecule has 0 aromatic heterocycles. The minimum Gasteiger partial charge on any atom is -0.444 e. The smallest absolute Gasteiger partial charge is 0.410 e. The van der Waals surface area contributed by atoms with Gasteiger partial charge in [-0.2, -0.15) is 0 Å². The number of hydrogen-bond donors (Lipinski definition) is 1. The maximum Gasteiger partial charge on any atom is 0.410 e. The Morgan fingerprint density at radius 1 is 1.10 bits per heavy atom. The number of amides is 1. The molecule has 2 aliphatic heterocycles. The van der Waals surface area contributed by atoms with Crippen molar-refractivity contribution in [2.45, 2.75) is 44.6 Å². The van der Waals surface area contributed by atoms with Crippen LogP contribution in [0.3, 0.4) is 0 Å². The molecule has 7 nitrogen and oxygen atoms in total. The number of piperazine rings is 1. The molecule has 0 aliphatic carbocycles. The first-order valence-electron chi connectivity index (χ1n) is 10.5. The lowest BCUT2D eigenvalue weighted by molar-refractivity contribution is 0.0186. The molecule has 3 rings (SSSR count). The molecule has 0 bridgehead atoms. The summed E-state index contributed by atoms with van der Waals surface area (Å²) in [6.07, 6.45) is 1.62. The van der Waals surface area contributed by atoms with Gasteiger partial charge in [-0.3, -0.25) is 4.99 Å². The van der Waals surface area contributed by atoms with Gasteiger partial charge in [0.1, 0.15) is 5.60 Å². The number of guanidine groups is 1. The number of halogens is 1. The van der Waals surface area contributed by atoms with Crippen molar-refractivity contribution in [3.05, 3.63) is 35.9 Å². The molecule has 1 aromatic carbocycles. The molecule has 0 radical (unpaired) electrons. The van der Waals surface area contributed by atoms with Crippen molar-refractivity contribution in [3.8, 4) is 0 Å². The summed E-state index contributed by atoms with van der Waals surface area (Å²) in [5.41, 5.74) is 7.13. The van der Waals surface area contributed by atoms with Crippen LogP contribution in [-0.4, -0.2) is 73.4 Å². The van der Waals surface area contributed by atoms with Crippen molar-refractivity contribution in [2.75, 3.05) is 45.9 Å². The molecule has 168 valence electrons. The Kier molecular flexibility index (Phi) is 8.78. The van der Waals surface area contributed by atoms with Crippen LogP contribution in [0.25, 0.3) is 0 Å². The van der Waals surface area contributed by atoms with Crippen LogP contribution in [0.4, 0.5) is 4.79 Å². The van der Waals surface area contributed by atoms with Gasteiger partial charge in [0, 0.05) is 44.8 Å². The van der Waals surface area contributed by atoms with E-state index >= 15 is 0 Å². The highest BCUT2D eigenvalue weighted by atomic mass is 127. The minimum absolute atomic E-state index is 0. The van der Waals surface area contributed by atoms with Gasteiger partial charge in [0.25, 0.3) is 0 Å². The van der Waals surface area contributed by atoms with Gasteiger partial charge >= 0.3 is 6.09 Å². The minimum atomic E-state index is -0.482. The molecule has 30 heavy (non-hydrogen) atoms. The molecule has 0 spiro atoms. The van der Waals surface area contributed by atoms with E-state index in [4.69, 9.17) is 20.2 Å². The van der Waals surface area contributed by atoms with E-state index in [9.17, 15) is 4.79 Å². The Labute approximate surface area is 197 Å². The summed E-state index contributed by atoms with van der Waals surface area (Å²) in [5, 5.41) is 0. The summed E-state index contributed by atoms with van der Waals surface area (Å²) in [6.45, 7) is 10.3. The zero-order valence-corrected chi connectivity index (χ0v) is 20.6. The molecule has 0 unspecified atom stereocenters. The van der Waals surface area contributed by atoms with Gasteiger partial charge in [0.05, 0.1) is 6.54 Å². The molecule has 2 N–H and O–H groups in total. The highest BCUT2D eigenvalue weighted by Gasteiger charge is 2.34. The average molecular weight is 530 g/mol. The number of rotatable bonds is 3. The topological polar surface area (TPSA) is 80.4 Å². The molecule has 2 heterocycles. The van der Waals surface area contributed by atoms with Crippen molar-refractivity contribution in [3.63, 3.8) is 0 Å². The van der Waals surface area contributed by atoms with E-state index in [1.807, 2.05) is 26.8 Å². The largest absolute Gasteiger partial charge is 0.444 e. The molecule has 2 fully saturated rings. The fourth-order valence-corrected chi connectivity index (χ4v) is 3.87.